The van der Waals surface area contributed by atoms with Crippen molar-refractivity contribution >= 4 is 11.9 Å². The molecule has 21 heavy (non-hydrogen) atoms. The van der Waals surface area contributed by atoms with Gasteiger partial charge in [-0.3, -0.25) is 4.79 Å². The van der Waals surface area contributed by atoms with Crippen LogP contribution in [0.25, 0.3) is 6.08 Å². The van der Waals surface area contributed by atoms with Gasteiger partial charge in [0.2, 0.25) is 0 Å². The minimum absolute atomic E-state index is 0.0828. The number of hydrogen-bond acceptors (Lipinski definition) is 2. The molecule has 0 bridgehead atoms. The molecule has 0 aliphatic rings. The molecule has 0 aliphatic carbocycles. The van der Waals surface area contributed by atoms with Crippen molar-refractivity contribution in [2.75, 3.05) is 0 Å². The summed E-state index contributed by atoms with van der Waals surface area (Å²) in [6.45, 7) is 2.47. The summed E-state index contributed by atoms with van der Waals surface area (Å²) in [6.07, 6.45) is 3.78. The van der Waals surface area contributed by atoms with E-state index in [9.17, 15) is 4.79 Å². The summed E-state index contributed by atoms with van der Waals surface area (Å²) >= 11 is 0. The Morgan fingerprint density at radius 1 is 1.05 bits per heavy atom. The van der Waals surface area contributed by atoms with Crippen LogP contribution in [-0.4, -0.2) is 11.9 Å². The van der Waals surface area contributed by atoms with Crippen LogP contribution in [0.2, 0.25) is 0 Å². The molecule has 0 spiro atoms. The molecule has 0 radical (unpaired) electrons. The van der Waals surface area contributed by atoms with Gasteiger partial charge >= 0.3 is 0 Å². The Morgan fingerprint density at radius 2 is 1.67 bits per heavy atom. The van der Waals surface area contributed by atoms with Crippen molar-refractivity contribution in [1.29, 1.82) is 0 Å². The van der Waals surface area contributed by atoms with Crippen LogP contribution in [0.4, 0.5) is 0 Å². The average molecular weight is 280 g/mol. The normalized spacial score (nSPS) is 12.4. The van der Waals surface area contributed by atoms with Crippen LogP contribution in [0.15, 0.2) is 66.7 Å². The third-order valence-electron chi connectivity index (χ3n) is 3.13. The second-order valence-corrected chi connectivity index (χ2v) is 5.02. The van der Waals surface area contributed by atoms with E-state index in [1.165, 1.54) is 0 Å². The number of carbonyl (C=O) groups excluding carboxylic acids is 1. The molecule has 108 valence electrons. The summed E-state index contributed by atoms with van der Waals surface area (Å²) in [7, 11) is 0. The Labute approximate surface area is 126 Å². The first-order valence-corrected chi connectivity index (χ1v) is 7.15. The second-order valence-electron chi connectivity index (χ2n) is 5.02. The number of benzene rings is 2. The van der Waals surface area contributed by atoms with Crippen molar-refractivity contribution in [1.82, 2.24) is 0 Å². The first kappa shape index (κ1) is 15.2. The summed E-state index contributed by atoms with van der Waals surface area (Å²) < 4.78 is 5.70. The molecule has 0 fully saturated rings. The largest absolute Gasteiger partial charge is 0.373 e. The molecule has 0 N–H and O–H groups in total. The van der Waals surface area contributed by atoms with Crippen molar-refractivity contribution in [3.05, 3.63) is 77.9 Å². The molecule has 2 aromatic carbocycles. The molecule has 0 amide bonds. The predicted molar refractivity (Wildman–Crippen MR) is 85.8 cm³/mol. The standard InChI is InChI=1S/C19H20O2/c1-16(21-15-18-10-6-3-7-11-18)14-19(20)13-12-17-8-4-2-5-9-17/h2-13,16H,14-15H2,1H3/b13-12+. The number of ketones is 1. The smallest absolute Gasteiger partial charge is 0.158 e. The Morgan fingerprint density at radius 3 is 2.33 bits per heavy atom. The van der Waals surface area contributed by atoms with Gasteiger partial charge < -0.3 is 4.74 Å². The SMILES string of the molecule is CC(CC(=O)/C=C/c1ccccc1)OCc1ccccc1. The Hall–Kier alpha value is -2.19. The summed E-state index contributed by atoms with van der Waals surface area (Å²) in [5.74, 6) is 0.0828. The van der Waals surface area contributed by atoms with E-state index in [0.717, 1.165) is 11.1 Å². The van der Waals surface area contributed by atoms with Gasteiger partial charge in [-0.25, -0.2) is 0 Å². The zero-order valence-electron chi connectivity index (χ0n) is 12.2. The van der Waals surface area contributed by atoms with Crippen molar-refractivity contribution in [3.63, 3.8) is 0 Å². The van der Waals surface area contributed by atoms with Gasteiger partial charge in [0.1, 0.15) is 0 Å². The van der Waals surface area contributed by atoms with Gasteiger partial charge in [-0.05, 0) is 24.1 Å². The lowest BCUT2D eigenvalue weighted by atomic mass is 10.1. The lowest BCUT2D eigenvalue weighted by molar-refractivity contribution is -0.117. The molecule has 2 aromatic rings. The maximum Gasteiger partial charge on any atom is 0.158 e. The summed E-state index contributed by atoms with van der Waals surface area (Å²) in [5, 5.41) is 0. The summed E-state index contributed by atoms with van der Waals surface area (Å²) in [4.78, 5) is 11.9. The first-order chi connectivity index (χ1) is 10.2. The zero-order chi connectivity index (χ0) is 14.9. The quantitative estimate of drug-likeness (QED) is 0.708. The van der Waals surface area contributed by atoms with Crippen molar-refractivity contribution < 1.29 is 9.53 Å². The highest BCUT2D eigenvalue weighted by atomic mass is 16.5. The van der Waals surface area contributed by atoms with Gasteiger partial charge in [-0.15, -0.1) is 0 Å². The van der Waals surface area contributed by atoms with Gasteiger partial charge in [-0.2, -0.15) is 0 Å². The lowest BCUT2D eigenvalue weighted by Crippen LogP contribution is -2.12. The van der Waals surface area contributed by atoms with Crippen molar-refractivity contribution in [3.8, 4) is 0 Å². The molecule has 2 rings (SSSR count). The molecule has 2 nitrogen and oxygen atoms in total. The minimum Gasteiger partial charge on any atom is -0.373 e. The fraction of sp³-hybridized carbons (Fsp3) is 0.211. The first-order valence-electron chi connectivity index (χ1n) is 7.15. The number of carbonyl (C=O) groups is 1. The van der Waals surface area contributed by atoms with Crippen LogP contribution >= 0.6 is 0 Å². The monoisotopic (exact) mass is 280 g/mol. The van der Waals surface area contributed by atoms with E-state index in [1.54, 1.807) is 6.08 Å². The zero-order valence-corrected chi connectivity index (χ0v) is 12.2. The number of hydrogen-bond donors (Lipinski definition) is 0. The van der Waals surface area contributed by atoms with E-state index in [4.69, 9.17) is 4.74 Å². The van der Waals surface area contributed by atoms with E-state index in [0.29, 0.717) is 13.0 Å². The molecule has 0 heterocycles. The Bertz CT molecular complexity index is 573. The molecule has 1 atom stereocenters. The highest BCUT2D eigenvalue weighted by Crippen LogP contribution is 2.07. The van der Waals surface area contributed by atoms with Gasteiger partial charge in [0, 0.05) is 6.42 Å². The third kappa shape index (κ3) is 5.76. The van der Waals surface area contributed by atoms with Crippen molar-refractivity contribution in [2.24, 2.45) is 0 Å². The van der Waals surface area contributed by atoms with Gasteiger partial charge in [0.05, 0.1) is 12.7 Å². The molecule has 0 aliphatic heterocycles. The van der Waals surface area contributed by atoms with E-state index in [1.807, 2.05) is 73.7 Å². The van der Waals surface area contributed by atoms with E-state index < -0.39 is 0 Å². The van der Waals surface area contributed by atoms with Crippen molar-refractivity contribution in [2.45, 2.75) is 26.1 Å². The Kier molecular flexibility index (Phi) is 5.92. The van der Waals surface area contributed by atoms with Crippen LogP contribution in [0, 0.1) is 0 Å². The predicted octanol–water partition coefficient (Wildman–Crippen LogP) is 4.26. The van der Waals surface area contributed by atoms with E-state index >= 15 is 0 Å². The summed E-state index contributed by atoms with van der Waals surface area (Å²) in [6, 6.07) is 19.8. The number of ether oxygens (including phenoxy) is 1. The maximum atomic E-state index is 11.9. The van der Waals surface area contributed by atoms with E-state index in [-0.39, 0.29) is 11.9 Å². The average Bonchev–Trinajstić information content (AvgIpc) is 2.53. The molecular formula is C19H20O2. The molecule has 1 unspecified atom stereocenters. The molecule has 0 saturated carbocycles. The Balaban J connectivity index is 1.76. The topological polar surface area (TPSA) is 26.3 Å². The van der Waals surface area contributed by atoms with Gasteiger partial charge in [0.15, 0.2) is 5.78 Å². The fourth-order valence-electron chi connectivity index (χ4n) is 1.98. The highest BCUT2D eigenvalue weighted by molar-refractivity contribution is 5.93. The lowest BCUT2D eigenvalue weighted by Gasteiger charge is -2.11. The number of rotatable bonds is 7. The molecule has 2 heteroatoms. The van der Waals surface area contributed by atoms with Crippen LogP contribution in [0.3, 0.4) is 0 Å². The van der Waals surface area contributed by atoms with Gasteiger partial charge in [-0.1, -0.05) is 66.7 Å². The molecular weight excluding hydrogens is 260 g/mol. The van der Waals surface area contributed by atoms with Crippen LogP contribution in [-0.2, 0) is 16.1 Å². The second kappa shape index (κ2) is 8.18. The van der Waals surface area contributed by atoms with Crippen LogP contribution in [0.5, 0.6) is 0 Å². The van der Waals surface area contributed by atoms with E-state index in [2.05, 4.69) is 0 Å². The minimum atomic E-state index is -0.0851. The molecule has 0 saturated heterocycles. The third-order valence-corrected chi connectivity index (χ3v) is 3.13. The van der Waals surface area contributed by atoms with Crippen LogP contribution < -0.4 is 0 Å². The van der Waals surface area contributed by atoms with Gasteiger partial charge in [0.25, 0.3) is 0 Å². The van der Waals surface area contributed by atoms with Crippen LogP contribution in [0.1, 0.15) is 24.5 Å². The fourth-order valence-corrected chi connectivity index (χ4v) is 1.98. The highest BCUT2D eigenvalue weighted by Gasteiger charge is 2.07. The molecule has 0 aromatic heterocycles. The number of allylic oxidation sites excluding steroid dienone is 1. The summed E-state index contributed by atoms with van der Waals surface area (Å²) in [5.41, 5.74) is 2.15. The maximum absolute atomic E-state index is 11.9.